The van der Waals surface area contributed by atoms with Crippen molar-refractivity contribution >= 4 is 18.7 Å². The van der Waals surface area contributed by atoms with Crippen molar-refractivity contribution in [1.82, 2.24) is 0 Å². The van der Waals surface area contributed by atoms with Crippen molar-refractivity contribution in [3.8, 4) is 0 Å². The molecule has 0 aliphatic rings. The molecule has 2 rings (SSSR count). The Kier molecular flexibility index (Phi) is 5.22. The van der Waals surface area contributed by atoms with Crippen LogP contribution in [0.3, 0.4) is 0 Å². The molecule has 22 heavy (non-hydrogen) atoms. The van der Waals surface area contributed by atoms with Crippen LogP contribution in [0, 0.1) is 0 Å². The van der Waals surface area contributed by atoms with E-state index in [0.717, 1.165) is 16.8 Å². The largest absolute Gasteiger partial charge is 0.424 e. The number of hydrogen-bond donors (Lipinski definition) is 2. The lowest BCUT2D eigenvalue weighted by molar-refractivity contribution is 0.175. The zero-order valence-corrected chi connectivity index (χ0v) is 14.7. The minimum Gasteiger partial charge on any atom is -0.424 e. The van der Waals surface area contributed by atoms with Gasteiger partial charge in [0.25, 0.3) is 8.32 Å². The van der Waals surface area contributed by atoms with Gasteiger partial charge in [0.15, 0.2) is 0 Å². The second-order valence-electron chi connectivity index (χ2n) is 6.71. The highest BCUT2D eigenvalue weighted by Crippen LogP contribution is 2.40. The first-order chi connectivity index (χ1) is 10.4. The Balaban J connectivity index is 2.51. The molecule has 118 valence electrons. The monoisotopic (exact) mass is 314 g/mol. The van der Waals surface area contributed by atoms with E-state index in [4.69, 9.17) is 0 Å². The number of benzene rings is 2. The van der Waals surface area contributed by atoms with Crippen molar-refractivity contribution in [2.75, 3.05) is 0 Å². The third-order valence-electron chi connectivity index (χ3n) is 4.55. The lowest BCUT2D eigenvalue weighted by atomic mass is 10.0. The molecule has 2 nitrogen and oxygen atoms in total. The van der Waals surface area contributed by atoms with Crippen molar-refractivity contribution in [3.63, 3.8) is 0 Å². The molecule has 0 spiro atoms. The summed E-state index contributed by atoms with van der Waals surface area (Å²) in [5.41, 5.74) is 0. The van der Waals surface area contributed by atoms with Crippen molar-refractivity contribution < 1.29 is 9.90 Å². The Morgan fingerprint density at radius 1 is 0.909 bits per heavy atom. The van der Waals surface area contributed by atoms with Crippen LogP contribution in [0.4, 0.5) is 0 Å². The predicted molar refractivity (Wildman–Crippen MR) is 95.1 cm³/mol. The maximum absolute atomic E-state index is 11.9. The Bertz CT molecular complexity index is 539. The molecule has 0 amide bonds. The molecule has 2 aromatic carbocycles. The summed E-state index contributed by atoms with van der Waals surface area (Å²) >= 11 is 0. The van der Waals surface area contributed by atoms with E-state index in [1.807, 2.05) is 67.6 Å². The minimum absolute atomic E-state index is 0.271. The standard InChI is InChI=1S/C19H26O2Si/c1-16(20)14-15-19(2,3)22(21,17-10-6-4-7-11-17)18-12-8-5-9-13-18/h4-13,16,20-21H,14-15H2,1-3H3/t16-/m1/s1. The van der Waals surface area contributed by atoms with Crippen LogP contribution in [0.5, 0.6) is 0 Å². The number of aliphatic hydroxyl groups is 1. The number of rotatable bonds is 6. The lowest BCUT2D eigenvalue weighted by Gasteiger charge is -2.41. The predicted octanol–water partition coefficient (Wildman–Crippen LogP) is 2.68. The first kappa shape index (κ1) is 16.9. The van der Waals surface area contributed by atoms with Gasteiger partial charge in [0, 0.05) is 0 Å². The zero-order valence-electron chi connectivity index (χ0n) is 13.7. The fourth-order valence-electron chi connectivity index (χ4n) is 3.06. The maximum atomic E-state index is 11.9. The maximum Gasteiger partial charge on any atom is 0.258 e. The third kappa shape index (κ3) is 3.32. The molecule has 0 saturated carbocycles. The van der Waals surface area contributed by atoms with Crippen molar-refractivity contribution in [1.29, 1.82) is 0 Å². The fraction of sp³-hybridized carbons (Fsp3) is 0.368. The second kappa shape index (κ2) is 6.78. The van der Waals surface area contributed by atoms with Crippen LogP contribution in [0.1, 0.15) is 33.6 Å². The van der Waals surface area contributed by atoms with Crippen LogP contribution in [0.25, 0.3) is 0 Å². The number of hydrogen-bond acceptors (Lipinski definition) is 2. The highest BCUT2D eigenvalue weighted by molar-refractivity contribution is 6.98. The van der Waals surface area contributed by atoms with E-state index in [-0.39, 0.29) is 11.1 Å². The van der Waals surface area contributed by atoms with Crippen LogP contribution < -0.4 is 10.4 Å². The first-order valence-corrected chi connectivity index (χ1v) is 9.84. The second-order valence-corrected chi connectivity index (χ2v) is 10.6. The van der Waals surface area contributed by atoms with Crippen LogP contribution in [0.15, 0.2) is 60.7 Å². The summed E-state index contributed by atoms with van der Waals surface area (Å²) in [6, 6.07) is 20.0. The molecule has 3 heteroatoms. The van der Waals surface area contributed by atoms with Crippen LogP contribution >= 0.6 is 0 Å². The van der Waals surface area contributed by atoms with Crippen LogP contribution in [-0.2, 0) is 0 Å². The summed E-state index contributed by atoms with van der Waals surface area (Å²) in [6.07, 6.45) is 1.14. The topological polar surface area (TPSA) is 40.5 Å². The normalized spacial score (nSPS) is 13.9. The summed E-state index contributed by atoms with van der Waals surface area (Å²) in [4.78, 5) is 11.9. The molecule has 0 unspecified atom stereocenters. The Labute approximate surface area is 134 Å². The van der Waals surface area contributed by atoms with Crippen LogP contribution in [0.2, 0.25) is 5.04 Å². The zero-order chi connectivity index (χ0) is 16.2. The van der Waals surface area contributed by atoms with E-state index in [9.17, 15) is 9.90 Å². The van der Waals surface area contributed by atoms with Crippen molar-refractivity contribution in [2.45, 2.75) is 44.8 Å². The van der Waals surface area contributed by atoms with Gasteiger partial charge in [-0.25, -0.2) is 0 Å². The van der Waals surface area contributed by atoms with E-state index >= 15 is 0 Å². The Hall–Kier alpha value is -1.42. The van der Waals surface area contributed by atoms with Gasteiger partial charge in [-0.1, -0.05) is 74.5 Å². The fourth-order valence-corrected chi connectivity index (χ4v) is 6.81. The summed E-state index contributed by atoms with van der Waals surface area (Å²) < 4.78 is 0. The summed E-state index contributed by atoms with van der Waals surface area (Å²) in [5, 5.41) is 11.4. The molecule has 2 aromatic rings. The summed E-state index contributed by atoms with van der Waals surface area (Å²) in [5.74, 6) is 0. The summed E-state index contributed by atoms with van der Waals surface area (Å²) in [6.45, 7) is 6.06. The molecule has 1 atom stereocenters. The minimum atomic E-state index is -2.91. The summed E-state index contributed by atoms with van der Waals surface area (Å²) in [7, 11) is -2.91. The average molecular weight is 315 g/mol. The lowest BCUT2D eigenvalue weighted by Crippen LogP contribution is -2.65. The van der Waals surface area contributed by atoms with E-state index in [1.165, 1.54) is 0 Å². The van der Waals surface area contributed by atoms with E-state index in [1.54, 1.807) is 0 Å². The first-order valence-electron chi connectivity index (χ1n) is 7.89. The van der Waals surface area contributed by atoms with E-state index in [2.05, 4.69) is 13.8 Å². The molecular formula is C19H26O2Si. The SMILES string of the molecule is C[C@@H](O)CCC(C)(C)[Si](O)(c1ccccc1)c1ccccc1. The van der Waals surface area contributed by atoms with E-state index < -0.39 is 8.32 Å². The average Bonchev–Trinajstić information content (AvgIpc) is 2.54. The van der Waals surface area contributed by atoms with Gasteiger partial charge in [0.2, 0.25) is 0 Å². The third-order valence-corrected chi connectivity index (χ3v) is 9.10. The molecule has 0 aliphatic heterocycles. The number of aliphatic hydroxyl groups excluding tert-OH is 1. The van der Waals surface area contributed by atoms with Gasteiger partial charge < -0.3 is 9.90 Å². The molecule has 0 radical (unpaired) electrons. The smallest absolute Gasteiger partial charge is 0.258 e. The molecular weight excluding hydrogens is 288 g/mol. The molecule has 0 fully saturated rings. The molecule has 0 saturated heterocycles. The van der Waals surface area contributed by atoms with Crippen molar-refractivity contribution in [2.24, 2.45) is 0 Å². The van der Waals surface area contributed by atoms with Gasteiger partial charge in [-0.3, -0.25) is 0 Å². The Morgan fingerprint density at radius 3 is 1.68 bits per heavy atom. The molecule has 0 aliphatic carbocycles. The quantitative estimate of drug-likeness (QED) is 0.805. The van der Waals surface area contributed by atoms with Gasteiger partial charge in [-0.15, -0.1) is 0 Å². The Morgan fingerprint density at radius 2 is 1.32 bits per heavy atom. The molecule has 0 heterocycles. The molecule has 0 bridgehead atoms. The van der Waals surface area contributed by atoms with Gasteiger partial charge >= 0.3 is 0 Å². The van der Waals surface area contributed by atoms with Gasteiger partial charge in [-0.05, 0) is 35.2 Å². The van der Waals surface area contributed by atoms with Gasteiger partial charge in [0.1, 0.15) is 0 Å². The van der Waals surface area contributed by atoms with Gasteiger partial charge in [-0.2, -0.15) is 0 Å². The molecule has 0 aromatic heterocycles. The van der Waals surface area contributed by atoms with Crippen molar-refractivity contribution in [3.05, 3.63) is 60.7 Å². The van der Waals surface area contributed by atoms with E-state index in [0.29, 0.717) is 6.42 Å². The van der Waals surface area contributed by atoms with Gasteiger partial charge in [0.05, 0.1) is 6.10 Å². The van der Waals surface area contributed by atoms with Crippen LogP contribution in [-0.4, -0.2) is 24.3 Å². The highest BCUT2D eigenvalue weighted by atomic mass is 28.4. The molecule has 2 N–H and O–H groups in total. The highest BCUT2D eigenvalue weighted by Gasteiger charge is 2.49.